The van der Waals surface area contributed by atoms with E-state index in [9.17, 15) is 0 Å². The summed E-state index contributed by atoms with van der Waals surface area (Å²) < 4.78 is 5.52. The van der Waals surface area contributed by atoms with Crippen LogP contribution in [0.2, 0.25) is 0 Å². The number of hydrogen-bond donors (Lipinski definition) is 0. The molecule has 1 atom stereocenters. The molecule has 1 aromatic heterocycles. The van der Waals surface area contributed by atoms with E-state index < -0.39 is 0 Å². The van der Waals surface area contributed by atoms with Crippen LogP contribution in [-0.2, 0) is 12.8 Å². The van der Waals surface area contributed by atoms with Crippen LogP contribution in [0.15, 0.2) is 30.5 Å². The Morgan fingerprint density at radius 1 is 1.00 bits per heavy atom. The predicted molar refractivity (Wildman–Crippen MR) is 112 cm³/mol. The van der Waals surface area contributed by atoms with E-state index in [1.54, 1.807) is 0 Å². The van der Waals surface area contributed by atoms with Gasteiger partial charge in [-0.15, -0.1) is 0 Å². The van der Waals surface area contributed by atoms with Crippen LogP contribution in [0.3, 0.4) is 0 Å². The number of rotatable bonds is 10. The second kappa shape index (κ2) is 10.4. The van der Waals surface area contributed by atoms with Gasteiger partial charge in [-0.3, -0.25) is 0 Å². The van der Waals surface area contributed by atoms with E-state index in [4.69, 9.17) is 9.72 Å². The van der Waals surface area contributed by atoms with Crippen LogP contribution in [0.4, 0.5) is 0 Å². The summed E-state index contributed by atoms with van der Waals surface area (Å²) in [5.41, 5.74) is 3.69. The summed E-state index contributed by atoms with van der Waals surface area (Å²) in [6, 6.07) is 8.10. The van der Waals surface area contributed by atoms with Gasteiger partial charge in [0.25, 0.3) is 0 Å². The van der Waals surface area contributed by atoms with Gasteiger partial charge >= 0.3 is 0 Å². The zero-order chi connectivity index (χ0) is 18.9. The van der Waals surface area contributed by atoms with Crippen molar-refractivity contribution in [3.63, 3.8) is 0 Å². The summed E-state index contributed by atoms with van der Waals surface area (Å²) in [5.74, 6) is 2.56. The van der Waals surface area contributed by atoms with Gasteiger partial charge in [0.15, 0.2) is 5.82 Å². The number of nitrogens with zero attached hydrogens (tertiary/aromatic N) is 2. The Bertz CT molecular complexity index is 696. The van der Waals surface area contributed by atoms with Gasteiger partial charge in [0, 0.05) is 17.5 Å². The van der Waals surface area contributed by atoms with E-state index in [0.717, 1.165) is 35.9 Å². The van der Waals surface area contributed by atoms with Crippen LogP contribution < -0.4 is 4.74 Å². The maximum atomic E-state index is 5.52. The Labute approximate surface area is 164 Å². The molecule has 0 amide bonds. The molecule has 1 aliphatic carbocycles. The molecule has 3 rings (SSSR count). The number of unbranched alkanes of at least 4 members (excludes halogenated alkanes) is 5. The highest BCUT2D eigenvalue weighted by atomic mass is 16.5. The Hall–Kier alpha value is -1.90. The number of ether oxygens (including phenoxy) is 1. The normalized spacial score (nSPS) is 16.1. The first kappa shape index (κ1) is 19.9. The minimum atomic E-state index is 0.689. The van der Waals surface area contributed by atoms with Crippen molar-refractivity contribution in [2.75, 3.05) is 6.61 Å². The number of aromatic nitrogens is 2. The largest absolute Gasteiger partial charge is 0.494 e. The number of fused-ring (bicyclic) bond motifs is 1. The third-order valence-corrected chi connectivity index (χ3v) is 5.64. The zero-order valence-electron chi connectivity index (χ0n) is 17.0. The van der Waals surface area contributed by atoms with Crippen molar-refractivity contribution in [1.82, 2.24) is 9.97 Å². The fraction of sp³-hybridized carbons (Fsp3) is 0.583. The standard InChI is InChI=1S/C24H34N2O/c1-3-5-6-7-8-9-10-19-11-16-23-21(17-19)18-25-24(26-23)20-12-14-22(15-13-20)27-4-2/h12-15,18-19H,3-11,16-17H2,1-2H3. The minimum Gasteiger partial charge on any atom is -0.494 e. The van der Waals surface area contributed by atoms with Gasteiger partial charge in [0.2, 0.25) is 0 Å². The number of hydrogen-bond acceptors (Lipinski definition) is 3. The average Bonchev–Trinajstić information content (AvgIpc) is 2.71. The summed E-state index contributed by atoms with van der Waals surface area (Å²) in [6.07, 6.45) is 15.3. The molecule has 0 bridgehead atoms. The first-order valence-electron chi connectivity index (χ1n) is 10.9. The van der Waals surface area contributed by atoms with Crippen molar-refractivity contribution in [3.05, 3.63) is 41.7 Å². The molecule has 1 aliphatic rings. The molecule has 0 aliphatic heterocycles. The highest BCUT2D eigenvalue weighted by Gasteiger charge is 2.20. The number of aryl methyl sites for hydroxylation is 1. The quantitative estimate of drug-likeness (QED) is 0.456. The molecule has 0 fully saturated rings. The molecule has 1 heterocycles. The third kappa shape index (κ3) is 5.79. The van der Waals surface area contributed by atoms with Crippen LogP contribution in [0.5, 0.6) is 5.75 Å². The van der Waals surface area contributed by atoms with E-state index in [2.05, 4.69) is 30.2 Å². The molecule has 3 heteroatoms. The van der Waals surface area contributed by atoms with Gasteiger partial charge in [-0.25, -0.2) is 9.97 Å². The van der Waals surface area contributed by atoms with Gasteiger partial charge in [0.05, 0.1) is 6.61 Å². The second-order valence-electron chi connectivity index (χ2n) is 7.79. The van der Waals surface area contributed by atoms with E-state index in [0.29, 0.717) is 6.61 Å². The smallest absolute Gasteiger partial charge is 0.159 e. The fourth-order valence-electron chi connectivity index (χ4n) is 4.05. The SMILES string of the molecule is CCCCCCCCC1CCc2nc(-c3ccc(OCC)cc3)ncc2C1. The van der Waals surface area contributed by atoms with E-state index in [1.807, 2.05) is 19.1 Å². The van der Waals surface area contributed by atoms with Gasteiger partial charge in [0.1, 0.15) is 5.75 Å². The lowest BCUT2D eigenvalue weighted by molar-refractivity contribution is 0.340. The summed E-state index contributed by atoms with van der Waals surface area (Å²) >= 11 is 0. The van der Waals surface area contributed by atoms with E-state index >= 15 is 0 Å². The van der Waals surface area contributed by atoms with Crippen LogP contribution in [0.25, 0.3) is 11.4 Å². The molecule has 0 radical (unpaired) electrons. The van der Waals surface area contributed by atoms with Crippen molar-refractivity contribution in [2.24, 2.45) is 5.92 Å². The molecule has 146 valence electrons. The Kier molecular flexibility index (Phi) is 7.67. The molecular weight excluding hydrogens is 332 g/mol. The lowest BCUT2D eigenvalue weighted by atomic mass is 9.84. The monoisotopic (exact) mass is 366 g/mol. The van der Waals surface area contributed by atoms with Crippen LogP contribution in [-0.4, -0.2) is 16.6 Å². The van der Waals surface area contributed by atoms with Gasteiger partial charge in [-0.05, 0) is 61.9 Å². The molecule has 3 nitrogen and oxygen atoms in total. The first-order chi connectivity index (χ1) is 13.3. The van der Waals surface area contributed by atoms with Gasteiger partial charge in [-0.2, -0.15) is 0 Å². The molecular formula is C24H34N2O. The Balaban J connectivity index is 1.53. The first-order valence-corrected chi connectivity index (χ1v) is 10.9. The summed E-state index contributed by atoms with van der Waals surface area (Å²) in [4.78, 5) is 9.52. The second-order valence-corrected chi connectivity index (χ2v) is 7.79. The van der Waals surface area contributed by atoms with Crippen molar-refractivity contribution in [2.45, 2.75) is 78.1 Å². The predicted octanol–water partition coefficient (Wildman–Crippen LogP) is 6.40. The number of benzene rings is 1. The lowest BCUT2D eigenvalue weighted by Gasteiger charge is -2.24. The topological polar surface area (TPSA) is 35.0 Å². The highest BCUT2D eigenvalue weighted by Crippen LogP contribution is 2.29. The molecule has 0 N–H and O–H groups in total. The van der Waals surface area contributed by atoms with Gasteiger partial charge in [-0.1, -0.05) is 51.9 Å². The van der Waals surface area contributed by atoms with Crippen molar-refractivity contribution in [1.29, 1.82) is 0 Å². The summed E-state index contributed by atoms with van der Waals surface area (Å²) in [5, 5.41) is 0. The van der Waals surface area contributed by atoms with E-state index in [-0.39, 0.29) is 0 Å². The molecule has 0 saturated heterocycles. The Morgan fingerprint density at radius 2 is 1.78 bits per heavy atom. The molecule has 0 spiro atoms. The molecule has 1 unspecified atom stereocenters. The lowest BCUT2D eigenvalue weighted by Crippen LogP contribution is -2.16. The van der Waals surface area contributed by atoms with Crippen LogP contribution in [0.1, 0.15) is 76.5 Å². The zero-order valence-corrected chi connectivity index (χ0v) is 17.0. The van der Waals surface area contributed by atoms with Crippen LogP contribution in [0, 0.1) is 5.92 Å². The van der Waals surface area contributed by atoms with Crippen LogP contribution >= 0.6 is 0 Å². The molecule has 2 aromatic rings. The maximum Gasteiger partial charge on any atom is 0.159 e. The average molecular weight is 367 g/mol. The minimum absolute atomic E-state index is 0.689. The molecule has 27 heavy (non-hydrogen) atoms. The Morgan fingerprint density at radius 3 is 2.56 bits per heavy atom. The third-order valence-electron chi connectivity index (χ3n) is 5.64. The van der Waals surface area contributed by atoms with Crippen molar-refractivity contribution < 1.29 is 4.74 Å². The van der Waals surface area contributed by atoms with Crippen molar-refractivity contribution >= 4 is 0 Å². The fourth-order valence-corrected chi connectivity index (χ4v) is 4.05. The molecule has 1 aromatic carbocycles. The van der Waals surface area contributed by atoms with E-state index in [1.165, 1.54) is 62.6 Å². The molecule has 0 saturated carbocycles. The van der Waals surface area contributed by atoms with Gasteiger partial charge < -0.3 is 4.74 Å². The van der Waals surface area contributed by atoms with Crippen molar-refractivity contribution in [3.8, 4) is 17.1 Å². The highest BCUT2D eigenvalue weighted by molar-refractivity contribution is 5.56. The summed E-state index contributed by atoms with van der Waals surface area (Å²) in [6.45, 7) is 4.97. The summed E-state index contributed by atoms with van der Waals surface area (Å²) in [7, 11) is 0. The maximum absolute atomic E-state index is 5.52.